The van der Waals surface area contributed by atoms with E-state index in [1.165, 1.54) is 23.6 Å². The highest BCUT2D eigenvalue weighted by Crippen LogP contribution is 2.16. The summed E-state index contributed by atoms with van der Waals surface area (Å²) in [5, 5.41) is 16.8. The molecule has 0 radical (unpaired) electrons. The molecule has 6 nitrogen and oxygen atoms in total. The Kier molecular flexibility index (Phi) is 11.4. The summed E-state index contributed by atoms with van der Waals surface area (Å²) in [5.74, 6) is 2.05. The van der Waals surface area contributed by atoms with Gasteiger partial charge in [-0.2, -0.15) is 17.0 Å². The molecule has 0 fully saturated rings. The van der Waals surface area contributed by atoms with Gasteiger partial charge in [0.2, 0.25) is 5.91 Å². The number of nitrogens with one attached hydrogen (secondary N) is 2. The van der Waals surface area contributed by atoms with Crippen molar-refractivity contribution in [1.29, 1.82) is 0 Å². The highest BCUT2D eigenvalue weighted by atomic mass is 32.2. The molecule has 0 saturated carbocycles. The molecule has 0 aliphatic heterocycles. The molecule has 0 aromatic carbocycles. The lowest BCUT2D eigenvalue weighted by atomic mass is 10.1. The molecule has 0 spiro atoms. The Balaban J connectivity index is 2.31. The van der Waals surface area contributed by atoms with E-state index in [1.807, 2.05) is 0 Å². The van der Waals surface area contributed by atoms with Crippen LogP contribution in [-0.2, 0) is 4.79 Å². The van der Waals surface area contributed by atoms with Gasteiger partial charge >= 0.3 is 0 Å². The molecule has 1 aromatic heterocycles. The molecule has 0 saturated heterocycles. The molecule has 1 aromatic rings. The molecule has 2 N–H and O–H groups in total. The summed E-state index contributed by atoms with van der Waals surface area (Å²) < 4.78 is 0. The van der Waals surface area contributed by atoms with Gasteiger partial charge in [-0.15, -0.1) is 10.2 Å². The quantitative estimate of drug-likeness (QED) is 0.404. The zero-order valence-corrected chi connectivity index (χ0v) is 18.0. The molecule has 0 aliphatic carbocycles. The van der Waals surface area contributed by atoms with E-state index >= 15 is 0 Å². The van der Waals surface area contributed by atoms with Gasteiger partial charge in [-0.05, 0) is 53.4 Å². The van der Waals surface area contributed by atoms with Crippen molar-refractivity contribution in [3.05, 3.63) is 40.8 Å². The van der Waals surface area contributed by atoms with E-state index in [0.29, 0.717) is 11.6 Å². The molecule has 0 aliphatic rings. The van der Waals surface area contributed by atoms with Crippen molar-refractivity contribution in [2.45, 2.75) is 66.3 Å². The van der Waals surface area contributed by atoms with Crippen molar-refractivity contribution in [3.8, 4) is 0 Å². The Bertz CT molecular complexity index is 645. The van der Waals surface area contributed by atoms with Gasteiger partial charge in [0.15, 0.2) is 5.82 Å². The van der Waals surface area contributed by atoms with Gasteiger partial charge in [-0.3, -0.25) is 4.79 Å². The van der Waals surface area contributed by atoms with Crippen LogP contribution in [0.25, 0.3) is 0 Å². The second-order valence-electron chi connectivity index (χ2n) is 7.02. The fourth-order valence-electron chi connectivity index (χ4n) is 2.47. The Morgan fingerprint density at radius 2 is 1.74 bits per heavy atom. The van der Waals surface area contributed by atoms with E-state index < -0.39 is 0 Å². The van der Waals surface area contributed by atoms with Crippen molar-refractivity contribution in [3.63, 3.8) is 0 Å². The van der Waals surface area contributed by atoms with Gasteiger partial charge in [0.05, 0.1) is 0 Å². The number of aromatic amines is 1. The van der Waals surface area contributed by atoms with E-state index in [9.17, 15) is 4.79 Å². The zero-order chi connectivity index (χ0) is 20.1. The summed E-state index contributed by atoms with van der Waals surface area (Å²) >= 11 is 1.75. The molecule has 7 heteroatoms. The Hall–Kier alpha value is -1.89. The van der Waals surface area contributed by atoms with Crippen LogP contribution in [-0.4, -0.2) is 38.0 Å². The number of amides is 1. The number of hydrogen-bond donors (Lipinski definition) is 2. The fraction of sp³-hybridized carbons (Fsp3) is 0.600. The summed E-state index contributed by atoms with van der Waals surface area (Å²) in [6, 6.07) is -0.216. The van der Waals surface area contributed by atoms with Crippen LogP contribution in [0.3, 0.4) is 0 Å². The number of hydrogen-bond acceptors (Lipinski definition) is 5. The molecule has 1 atom stereocenters. The standard InChI is InChI=1S/C20H33N5OS/c1-15(2)8-6-9-16(3)10-7-11-17(4)12-13-27-14-19(21-18(5)26)20-22-24-25-23-20/h8,10,12,19H,6-7,9,11,13-14H2,1-5H3,(H,21,26)(H,22,23,24,25). The van der Waals surface area contributed by atoms with Gasteiger partial charge < -0.3 is 5.32 Å². The molecule has 0 bridgehead atoms. The second kappa shape index (κ2) is 13.3. The molecular formula is C20H33N5OS. The number of nitrogens with zero attached hydrogens (tertiary/aromatic N) is 3. The maximum absolute atomic E-state index is 11.3. The zero-order valence-electron chi connectivity index (χ0n) is 17.2. The Morgan fingerprint density at radius 1 is 1.07 bits per heavy atom. The number of carbonyl (C=O) groups is 1. The normalized spacial score (nSPS) is 13.4. The van der Waals surface area contributed by atoms with Crippen LogP contribution < -0.4 is 5.32 Å². The third-order valence-electron chi connectivity index (χ3n) is 4.01. The highest BCUT2D eigenvalue weighted by Gasteiger charge is 2.16. The average Bonchev–Trinajstić information content (AvgIpc) is 3.11. The lowest BCUT2D eigenvalue weighted by Crippen LogP contribution is -2.28. The number of thioether (sulfide) groups is 1. The highest BCUT2D eigenvalue weighted by molar-refractivity contribution is 7.99. The van der Waals surface area contributed by atoms with Gasteiger partial charge in [-0.25, -0.2) is 0 Å². The van der Waals surface area contributed by atoms with Crippen LogP contribution in [0.1, 0.15) is 72.2 Å². The van der Waals surface area contributed by atoms with Gasteiger partial charge in [0.1, 0.15) is 6.04 Å². The fourth-order valence-corrected chi connectivity index (χ4v) is 3.48. The lowest BCUT2D eigenvalue weighted by molar-refractivity contribution is -0.119. The van der Waals surface area contributed by atoms with E-state index in [-0.39, 0.29) is 11.9 Å². The number of aromatic nitrogens is 4. The maximum Gasteiger partial charge on any atom is 0.217 e. The summed E-state index contributed by atoms with van der Waals surface area (Å²) in [6.45, 7) is 10.2. The summed E-state index contributed by atoms with van der Waals surface area (Å²) in [4.78, 5) is 11.3. The molecule has 150 valence electrons. The van der Waals surface area contributed by atoms with Gasteiger partial charge in [0, 0.05) is 18.4 Å². The molecule has 1 rings (SSSR count). The predicted octanol–water partition coefficient (Wildman–Crippen LogP) is 4.53. The van der Waals surface area contributed by atoms with Crippen molar-refractivity contribution >= 4 is 17.7 Å². The van der Waals surface area contributed by atoms with Crippen molar-refractivity contribution in [2.24, 2.45) is 0 Å². The van der Waals surface area contributed by atoms with E-state index in [2.05, 4.69) is 71.9 Å². The van der Waals surface area contributed by atoms with Crippen LogP contribution in [0.4, 0.5) is 0 Å². The number of H-pyrrole nitrogens is 1. The molecular weight excluding hydrogens is 358 g/mol. The van der Waals surface area contributed by atoms with Gasteiger partial charge in [0.25, 0.3) is 0 Å². The minimum absolute atomic E-state index is 0.0936. The van der Waals surface area contributed by atoms with Gasteiger partial charge in [-0.1, -0.05) is 40.2 Å². The molecule has 1 heterocycles. The third-order valence-corrected chi connectivity index (χ3v) is 4.98. The predicted molar refractivity (Wildman–Crippen MR) is 113 cm³/mol. The van der Waals surface area contributed by atoms with Crippen molar-refractivity contribution < 1.29 is 4.79 Å². The number of carbonyl (C=O) groups excluding carboxylic acids is 1. The van der Waals surface area contributed by atoms with Crippen LogP contribution in [0.2, 0.25) is 0 Å². The largest absolute Gasteiger partial charge is 0.345 e. The minimum atomic E-state index is -0.216. The van der Waals surface area contributed by atoms with Crippen molar-refractivity contribution in [2.75, 3.05) is 11.5 Å². The number of rotatable bonds is 12. The number of allylic oxidation sites excluding steroid dienone is 5. The first-order valence-electron chi connectivity index (χ1n) is 9.41. The molecule has 27 heavy (non-hydrogen) atoms. The Morgan fingerprint density at radius 3 is 2.33 bits per heavy atom. The minimum Gasteiger partial charge on any atom is -0.345 e. The maximum atomic E-state index is 11.3. The van der Waals surface area contributed by atoms with Crippen LogP contribution >= 0.6 is 11.8 Å². The van der Waals surface area contributed by atoms with Crippen molar-refractivity contribution in [1.82, 2.24) is 25.9 Å². The van der Waals surface area contributed by atoms with E-state index in [4.69, 9.17) is 0 Å². The smallest absolute Gasteiger partial charge is 0.217 e. The first-order valence-corrected chi connectivity index (χ1v) is 10.6. The third kappa shape index (κ3) is 11.4. The number of tetrazole rings is 1. The molecule has 1 unspecified atom stereocenters. The monoisotopic (exact) mass is 391 g/mol. The molecule has 1 amide bonds. The summed E-state index contributed by atoms with van der Waals surface area (Å²) in [7, 11) is 0. The lowest BCUT2D eigenvalue weighted by Gasteiger charge is -2.13. The first kappa shape index (κ1) is 23.1. The van der Waals surface area contributed by atoms with Crippen LogP contribution in [0, 0.1) is 0 Å². The first-order chi connectivity index (χ1) is 12.9. The van der Waals surface area contributed by atoms with Crippen LogP contribution in [0.15, 0.2) is 34.9 Å². The summed E-state index contributed by atoms with van der Waals surface area (Å²) in [6.07, 6.45) is 11.4. The van der Waals surface area contributed by atoms with E-state index in [1.54, 1.807) is 11.8 Å². The topological polar surface area (TPSA) is 83.6 Å². The SMILES string of the molecule is CC(=O)NC(CSCC=C(C)CCC=C(C)CCC=C(C)C)c1nn[nH]n1. The van der Waals surface area contributed by atoms with Crippen LogP contribution in [0.5, 0.6) is 0 Å². The van der Waals surface area contributed by atoms with E-state index in [0.717, 1.165) is 31.4 Å². The average molecular weight is 392 g/mol. The Labute approximate surface area is 167 Å². The second-order valence-corrected chi connectivity index (χ2v) is 8.10. The summed E-state index contributed by atoms with van der Waals surface area (Å²) in [5.41, 5.74) is 4.25.